The number of nitrogens with zero attached hydrogens (tertiary/aromatic N) is 1. The van der Waals surface area contributed by atoms with Crippen LogP contribution >= 0.6 is 0 Å². The van der Waals surface area contributed by atoms with E-state index >= 15 is 0 Å². The predicted molar refractivity (Wildman–Crippen MR) is 100 cm³/mol. The molecule has 4 aliphatic rings. The lowest BCUT2D eigenvalue weighted by molar-refractivity contribution is -0.0265. The average molecular weight is 341 g/mol. The van der Waals surface area contributed by atoms with E-state index in [1.807, 2.05) is 0 Å². The highest BCUT2D eigenvalue weighted by Crippen LogP contribution is 2.59. The van der Waals surface area contributed by atoms with Crippen molar-refractivity contribution in [3.63, 3.8) is 0 Å². The summed E-state index contributed by atoms with van der Waals surface area (Å²) in [6.07, 6.45) is 5.60. The number of aliphatic hydroxyl groups excluding tert-OH is 1. The van der Waals surface area contributed by atoms with Crippen LogP contribution in [0.4, 0.5) is 0 Å². The molecule has 5 rings (SSSR count). The Bertz CT molecular complexity index is 651. The minimum Gasteiger partial charge on any atom is -0.389 e. The van der Waals surface area contributed by atoms with Crippen molar-refractivity contribution in [2.45, 2.75) is 45.8 Å². The fourth-order valence-electron chi connectivity index (χ4n) is 5.01. The van der Waals surface area contributed by atoms with Crippen LogP contribution in [0.25, 0.3) is 0 Å². The van der Waals surface area contributed by atoms with E-state index in [1.165, 1.54) is 29.5 Å². The smallest absolute Gasteiger partial charge is 0.0900 e. The van der Waals surface area contributed by atoms with E-state index in [4.69, 9.17) is 4.74 Å². The fourth-order valence-corrected chi connectivity index (χ4v) is 5.01. The molecule has 0 unspecified atom stereocenters. The zero-order valence-corrected chi connectivity index (χ0v) is 15.6. The first-order valence-electron chi connectivity index (χ1n) is 9.78. The van der Waals surface area contributed by atoms with Crippen LogP contribution in [0.15, 0.2) is 35.9 Å². The van der Waals surface area contributed by atoms with Crippen molar-refractivity contribution in [2.24, 2.45) is 17.3 Å². The SMILES string of the molecule is CC1(C)[C@@H]2CC=C(COC[C@H](O)CN3CCc4ccccc4C3)[C@@H]1C2. The van der Waals surface area contributed by atoms with E-state index in [2.05, 4.69) is 49.1 Å². The standard InChI is InChI=1S/C22H31NO2/c1-22(2)19-8-7-18(21(22)11-19)14-25-15-20(24)13-23-10-9-16-5-3-4-6-17(16)12-23/h3-7,19-21,24H,8-15H2,1-2H3/t19-,20-,21+/m1/s1. The lowest BCUT2D eigenvalue weighted by Gasteiger charge is -2.56. The van der Waals surface area contributed by atoms with Crippen LogP contribution in [0, 0.1) is 17.3 Å². The third-order valence-corrected chi connectivity index (χ3v) is 6.84. The van der Waals surface area contributed by atoms with Gasteiger partial charge in [-0.25, -0.2) is 0 Å². The Hall–Kier alpha value is -1.16. The number of β-amino-alcohol motifs (C(OH)–C–C–N with tert-alkyl or cyclic N) is 1. The first-order chi connectivity index (χ1) is 12.0. The first kappa shape index (κ1) is 17.3. The summed E-state index contributed by atoms with van der Waals surface area (Å²) >= 11 is 0. The molecule has 25 heavy (non-hydrogen) atoms. The Morgan fingerprint density at radius 1 is 1.28 bits per heavy atom. The molecule has 3 aliphatic carbocycles. The molecule has 1 aliphatic heterocycles. The maximum atomic E-state index is 10.4. The van der Waals surface area contributed by atoms with Gasteiger partial charge in [-0.15, -0.1) is 0 Å². The van der Waals surface area contributed by atoms with Crippen molar-refractivity contribution in [2.75, 3.05) is 26.3 Å². The maximum absolute atomic E-state index is 10.4. The van der Waals surface area contributed by atoms with Gasteiger partial charge in [0.05, 0.1) is 19.3 Å². The van der Waals surface area contributed by atoms with Crippen LogP contribution in [-0.2, 0) is 17.7 Å². The Balaban J connectivity index is 1.21. The number of hydrogen-bond donors (Lipinski definition) is 1. The van der Waals surface area contributed by atoms with Crippen molar-refractivity contribution in [1.82, 2.24) is 4.90 Å². The molecule has 2 bridgehead atoms. The van der Waals surface area contributed by atoms with Crippen molar-refractivity contribution in [3.8, 4) is 0 Å². The van der Waals surface area contributed by atoms with Crippen LogP contribution in [0.3, 0.4) is 0 Å². The molecule has 1 saturated carbocycles. The highest BCUT2D eigenvalue weighted by atomic mass is 16.5. The molecule has 136 valence electrons. The quantitative estimate of drug-likeness (QED) is 0.805. The van der Waals surface area contributed by atoms with E-state index in [0.29, 0.717) is 31.1 Å². The summed E-state index contributed by atoms with van der Waals surface area (Å²) in [7, 11) is 0. The molecule has 1 N–H and O–H groups in total. The number of fused-ring (bicyclic) bond motifs is 2. The van der Waals surface area contributed by atoms with Gasteiger partial charge in [0.1, 0.15) is 0 Å². The van der Waals surface area contributed by atoms with Crippen molar-refractivity contribution >= 4 is 0 Å². The molecule has 3 atom stereocenters. The van der Waals surface area contributed by atoms with Crippen molar-refractivity contribution in [1.29, 1.82) is 0 Å². The van der Waals surface area contributed by atoms with Crippen LogP contribution in [0.2, 0.25) is 0 Å². The van der Waals surface area contributed by atoms with Gasteiger partial charge in [-0.05, 0) is 53.2 Å². The molecular formula is C22H31NO2. The normalized spacial score (nSPS) is 28.7. The summed E-state index contributed by atoms with van der Waals surface area (Å²) in [4.78, 5) is 2.34. The van der Waals surface area contributed by atoms with Gasteiger partial charge in [-0.1, -0.05) is 44.2 Å². The van der Waals surface area contributed by atoms with E-state index in [9.17, 15) is 5.11 Å². The van der Waals surface area contributed by atoms with Gasteiger partial charge in [0, 0.05) is 19.6 Å². The summed E-state index contributed by atoms with van der Waals surface area (Å²) in [5.74, 6) is 1.57. The monoisotopic (exact) mass is 341 g/mol. The van der Waals surface area contributed by atoms with Crippen LogP contribution in [-0.4, -0.2) is 42.4 Å². The summed E-state index contributed by atoms with van der Waals surface area (Å²) in [5, 5.41) is 10.4. The molecule has 1 aromatic carbocycles. The second-order valence-corrected chi connectivity index (χ2v) is 8.74. The number of ether oxygens (including phenoxy) is 1. The third-order valence-electron chi connectivity index (χ3n) is 6.84. The molecule has 3 nitrogen and oxygen atoms in total. The topological polar surface area (TPSA) is 32.7 Å². The number of aliphatic hydroxyl groups is 1. The molecule has 3 heteroatoms. The van der Waals surface area contributed by atoms with Gasteiger partial charge in [0.25, 0.3) is 0 Å². The summed E-state index contributed by atoms with van der Waals surface area (Å²) < 4.78 is 5.89. The average Bonchev–Trinajstić information content (AvgIpc) is 2.61. The van der Waals surface area contributed by atoms with Crippen LogP contribution in [0.1, 0.15) is 37.8 Å². The minimum absolute atomic E-state index is 0.406. The number of benzene rings is 1. The highest BCUT2D eigenvalue weighted by molar-refractivity contribution is 5.29. The van der Waals surface area contributed by atoms with E-state index < -0.39 is 6.10 Å². The maximum Gasteiger partial charge on any atom is 0.0900 e. The van der Waals surface area contributed by atoms with E-state index in [-0.39, 0.29) is 0 Å². The van der Waals surface area contributed by atoms with Crippen molar-refractivity contribution in [3.05, 3.63) is 47.0 Å². The zero-order valence-electron chi connectivity index (χ0n) is 15.6. The van der Waals surface area contributed by atoms with Gasteiger partial charge in [-0.3, -0.25) is 4.90 Å². The Kier molecular flexibility index (Phi) is 4.74. The Morgan fingerprint density at radius 2 is 2.08 bits per heavy atom. The lowest BCUT2D eigenvalue weighted by atomic mass is 9.49. The van der Waals surface area contributed by atoms with Gasteiger partial charge < -0.3 is 9.84 Å². The zero-order chi connectivity index (χ0) is 17.4. The van der Waals surface area contributed by atoms with Gasteiger partial charge >= 0.3 is 0 Å². The van der Waals surface area contributed by atoms with Crippen molar-refractivity contribution < 1.29 is 9.84 Å². The van der Waals surface area contributed by atoms with E-state index in [1.54, 1.807) is 0 Å². The Morgan fingerprint density at radius 3 is 2.84 bits per heavy atom. The highest BCUT2D eigenvalue weighted by Gasteiger charge is 2.50. The predicted octanol–water partition coefficient (Wildman–Crippen LogP) is 3.41. The molecule has 1 fully saturated rings. The Labute approximate surface area is 151 Å². The molecular weight excluding hydrogens is 310 g/mol. The molecule has 0 radical (unpaired) electrons. The number of allylic oxidation sites excluding steroid dienone is 1. The van der Waals surface area contributed by atoms with Gasteiger partial charge in [0.15, 0.2) is 0 Å². The first-order valence-corrected chi connectivity index (χ1v) is 9.78. The van der Waals surface area contributed by atoms with Gasteiger partial charge in [-0.2, -0.15) is 0 Å². The number of hydrogen-bond acceptors (Lipinski definition) is 3. The molecule has 1 aromatic rings. The summed E-state index contributed by atoms with van der Waals surface area (Å²) in [6.45, 7) is 8.58. The number of rotatable bonds is 6. The molecule has 0 saturated heterocycles. The molecule has 1 heterocycles. The van der Waals surface area contributed by atoms with Gasteiger partial charge in [0.2, 0.25) is 0 Å². The molecule has 0 amide bonds. The summed E-state index contributed by atoms with van der Waals surface area (Å²) in [6, 6.07) is 8.64. The molecule has 0 spiro atoms. The molecule has 0 aromatic heterocycles. The largest absolute Gasteiger partial charge is 0.389 e. The van der Waals surface area contributed by atoms with Crippen LogP contribution < -0.4 is 0 Å². The third kappa shape index (κ3) is 3.42. The fraction of sp³-hybridized carbons (Fsp3) is 0.636. The lowest BCUT2D eigenvalue weighted by Crippen LogP contribution is -2.48. The minimum atomic E-state index is -0.406. The van der Waals surface area contributed by atoms with E-state index in [0.717, 1.165) is 25.4 Å². The summed E-state index contributed by atoms with van der Waals surface area (Å²) in [5.41, 5.74) is 4.77. The second-order valence-electron chi connectivity index (χ2n) is 8.74. The second kappa shape index (κ2) is 6.86. The van der Waals surface area contributed by atoms with Crippen LogP contribution in [0.5, 0.6) is 0 Å².